The number of carbonyl (C=O) groups excluding carboxylic acids is 1. The normalized spacial score (nSPS) is 12.8. The minimum atomic E-state index is -3.88. The van der Waals surface area contributed by atoms with Crippen molar-refractivity contribution in [3.63, 3.8) is 0 Å². The van der Waals surface area contributed by atoms with Gasteiger partial charge in [-0.05, 0) is 29.8 Å². The average molecular weight is 325 g/mol. The number of benzene rings is 2. The van der Waals surface area contributed by atoms with Crippen LogP contribution in [0.15, 0.2) is 59.5 Å². The number of halogens is 1. The largest absolute Gasteiger partial charge is 0.368 e. The molecule has 1 atom stereocenters. The van der Waals surface area contributed by atoms with Crippen molar-refractivity contribution in [3.05, 3.63) is 65.2 Å². The number of nitrogens with one attached hydrogen (secondary N) is 1. The number of hydrogen-bond donors (Lipinski definition) is 2. The molecule has 7 heteroatoms. The predicted octanol–water partition coefficient (Wildman–Crippen LogP) is 1.84. The van der Waals surface area contributed by atoms with E-state index in [1.807, 2.05) is 0 Å². The molecule has 0 spiro atoms. The van der Waals surface area contributed by atoms with E-state index in [9.17, 15) is 13.2 Å². The van der Waals surface area contributed by atoms with E-state index in [2.05, 4.69) is 4.72 Å². The van der Waals surface area contributed by atoms with Gasteiger partial charge in [-0.15, -0.1) is 0 Å². The molecule has 3 N–H and O–H groups in total. The highest BCUT2D eigenvalue weighted by Gasteiger charge is 2.25. The van der Waals surface area contributed by atoms with Gasteiger partial charge in [0.1, 0.15) is 6.04 Å². The molecule has 1 amide bonds. The average Bonchev–Trinajstić information content (AvgIpc) is 2.46. The molecule has 0 aliphatic heterocycles. The zero-order valence-electron chi connectivity index (χ0n) is 10.9. The first kappa shape index (κ1) is 15.5. The van der Waals surface area contributed by atoms with E-state index in [0.717, 1.165) is 0 Å². The van der Waals surface area contributed by atoms with Gasteiger partial charge in [-0.2, -0.15) is 4.72 Å². The molecular formula is C14H13ClN2O3S. The summed E-state index contributed by atoms with van der Waals surface area (Å²) in [5.74, 6) is -0.779. The molecule has 0 fully saturated rings. The smallest absolute Gasteiger partial charge is 0.241 e. The molecule has 2 aromatic rings. The molecule has 0 bridgehead atoms. The van der Waals surface area contributed by atoms with Gasteiger partial charge in [0.25, 0.3) is 0 Å². The molecule has 21 heavy (non-hydrogen) atoms. The Kier molecular flexibility index (Phi) is 4.62. The molecule has 0 aromatic heterocycles. The zero-order valence-corrected chi connectivity index (χ0v) is 12.4. The van der Waals surface area contributed by atoms with Crippen molar-refractivity contribution in [3.8, 4) is 0 Å². The lowest BCUT2D eigenvalue weighted by atomic mass is 10.1. The number of primary amides is 1. The number of nitrogens with two attached hydrogens (primary N) is 1. The second-order valence-corrected chi connectivity index (χ2v) is 6.47. The van der Waals surface area contributed by atoms with Crippen molar-refractivity contribution in [1.82, 2.24) is 4.72 Å². The molecule has 2 aromatic carbocycles. The van der Waals surface area contributed by atoms with Crippen LogP contribution in [0.5, 0.6) is 0 Å². The summed E-state index contributed by atoms with van der Waals surface area (Å²) in [6, 6.07) is 12.9. The number of carbonyl (C=O) groups is 1. The van der Waals surface area contributed by atoms with E-state index in [1.165, 1.54) is 24.3 Å². The summed E-state index contributed by atoms with van der Waals surface area (Å²) in [6.45, 7) is 0. The summed E-state index contributed by atoms with van der Waals surface area (Å²) in [4.78, 5) is 11.5. The number of amides is 1. The van der Waals surface area contributed by atoms with Crippen LogP contribution in [-0.2, 0) is 14.8 Å². The Morgan fingerprint density at radius 2 is 1.62 bits per heavy atom. The molecular weight excluding hydrogens is 312 g/mol. The van der Waals surface area contributed by atoms with Crippen LogP contribution in [0.3, 0.4) is 0 Å². The molecule has 2 rings (SSSR count). The van der Waals surface area contributed by atoms with Crippen molar-refractivity contribution < 1.29 is 13.2 Å². The lowest BCUT2D eigenvalue weighted by Crippen LogP contribution is -2.37. The van der Waals surface area contributed by atoms with Crippen LogP contribution < -0.4 is 10.5 Å². The van der Waals surface area contributed by atoms with E-state index in [-0.39, 0.29) is 4.90 Å². The Labute approximate surface area is 127 Å². The molecule has 0 radical (unpaired) electrons. The van der Waals surface area contributed by atoms with Gasteiger partial charge < -0.3 is 5.73 Å². The van der Waals surface area contributed by atoms with Crippen molar-refractivity contribution in [2.45, 2.75) is 10.9 Å². The topological polar surface area (TPSA) is 89.3 Å². The molecule has 110 valence electrons. The first-order valence-corrected chi connectivity index (χ1v) is 7.88. The third kappa shape index (κ3) is 3.81. The monoisotopic (exact) mass is 324 g/mol. The highest BCUT2D eigenvalue weighted by Crippen LogP contribution is 2.18. The van der Waals surface area contributed by atoms with Gasteiger partial charge in [-0.3, -0.25) is 4.79 Å². The summed E-state index contributed by atoms with van der Waals surface area (Å²) in [7, 11) is -3.88. The fourth-order valence-electron chi connectivity index (χ4n) is 1.77. The van der Waals surface area contributed by atoms with Gasteiger partial charge in [-0.1, -0.05) is 41.9 Å². The second kappa shape index (κ2) is 6.26. The van der Waals surface area contributed by atoms with Crippen LogP contribution >= 0.6 is 11.6 Å². The SMILES string of the molecule is NC(=O)C(NS(=O)(=O)c1ccc(Cl)cc1)c1ccccc1. The fourth-order valence-corrected chi connectivity index (χ4v) is 3.09. The first-order valence-electron chi connectivity index (χ1n) is 6.02. The maximum Gasteiger partial charge on any atom is 0.241 e. The molecule has 5 nitrogen and oxygen atoms in total. The van der Waals surface area contributed by atoms with Crippen LogP contribution in [-0.4, -0.2) is 14.3 Å². The Hall–Kier alpha value is -1.89. The minimum Gasteiger partial charge on any atom is -0.368 e. The van der Waals surface area contributed by atoms with E-state index < -0.39 is 22.0 Å². The number of sulfonamides is 1. The Morgan fingerprint density at radius 3 is 2.14 bits per heavy atom. The minimum absolute atomic E-state index is 0.00841. The number of hydrogen-bond acceptors (Lipinski definition) is 3. The van der Waals surface area contributed by atoms with Gasteiger partial charge in [0, 0.05) is 5.02 Å². The summed E-state index contributed by atoms with van der Waals surface area (Å²) in [5, 5.41) is 0.420. The first-order chi connectivity index (χ1) is 9.90. The third-order valence-electron chi connectivity index (χ3n) is 2.81. The maximum atomic E-state index is 12.3. The summed E-state index contributed by atoms with van der Waals surface area (Å²) >= 11 is 5.72. The standard InChI is InChI=1S/C14H13ClN2O3S/c15-11-6-8-12(9-7-11)21(19,20)17-13(14(16)18)10-4-2-1-3-5-10/h1-9,13,17H,(H2,16,18). The quantitative estimate of drug-likeness (QED) is 0.879. The van der Waals surface area contributed by atoms with Gasteiger partial charge in [0.15, 0.2) is 0 Å². The van der Waals surface area contributed by atoms with E-state index in [1.54, 1.807) is 30.3 Å². The predicted molar refractivity (Wildman–Crippen MR) is 80.2 cm³/mol. The summed E-state index contributed by atoms with van der Waals surface area (Å²) in [6.07, 6.45) is 0. The Balaban J connectivity index is 2.32. The van der Waals surface area contributed by atoms with Crippen molar-refractivity contribution in [2.75, 3.05) is 0 Å². The van der Waals surface area contributed by atoms with Crippen LogP contribution in [0, 0.1) is 0 Å². The molecule has 0 saturated carbocycles. The van der Waals surface area contributed by atoms with Crippen LogP contribution in [0.25, 0.3) is 0 Å². The highest BCUT2D eigenvalue weighted by molar-refractivity contribution is 7.89. The summed E-state index contributed by atoms with van der Waals surface area (Å²) in [5.41, 5.74) is 5.77. The molecule has 0 aliphatic rings. The second-order valence-electron chi connectivity index (χ2n) is 4.32. The van der Waals surface area contributed by atoms with Gasteiger partial charge >= 0.3 is 0 Å². The van der Waals surface area contributed by atoms with Crippen molar-refractivity contribution in [1.29, 1.82) is 0 Å². The number of rotatable bonds is 5. The third-order valence-corrected chi connectivity index (χ3v) is 4.51. The highest BCUT2D eigenvalue weighted by atomic mass is 35.5. The van der Waals surface area contributed by atoms with Crippen molar-refractivity contribution >= 4 is 27.5 Å². The van der Waals surface area contributed by atoms with Crippen LogP contribution in [0.2, 0.25) is 5.02 Å². The Morgan fingerprint density at radius 1 is 1.05 bits per heavy atom. The summed E-state index contributed by atoms with van der Waals surface area (Å²) < 4.78 is 26.8. The molecule has 0 saturated heterocycles. The van der Waals surface area contributed by atoms with Crippen molar-refractivity contribution in [2.24, 2.45) is 5.73 Å². The lowest BCUT2D eigenvalue weighted by Gasteiger charge is -2.16. The fraction of sp³-hybridized carbons (Fsp3) is 0.0714. The van der Waals surface area contributed by atoms with Gasteiger partial charge in [0.05, 0.1) is 4.90 Å². The van der Waals surface area contributed by atoms with E-state index in [4.69, 9.17) is 17.3 Å². The van der Waals surface area contributed by atoms with Gasteiger partial charge in [0.2, 0.25) is 15.9 Å². The van der Waals surface area contributed by atoms with E-state index in [0.29, 0.717) is 10.6 Å². The van der Waals surface area contributed by atoms with Crippen LogP contribution in [0.1, 0.15) is 11.6 Å². The maximum absolute atomic E-state index is 12.3. The zero-order chi connectivity index (χ0) is 15.5. The molecule has 0 heterocycles. The lowest BCUT2D eigenvalue weighted by molar-refractivity contribution is -0.119. The van der Waals surface area contributed by atoms with E-state index >= 15 is 0 Å². The molecule has 1 unspecified atom stereocenters. The van der Waals surface area contributed by atoms with Crippen LogP contribution in [0.4, 0.5) is 0 Å². The Bertz CT molecular complexity index is 731. The molecule has 0 aliphatic carbocycles. The van der Waals surface area contributed by atoms with Gasteiger partial charge in [-0.25, -0.2) is 8.42 Å².